The van der Waals surface area contributed by atoms with E-state index in [9.17, 15) is 4.79 Å². The summed E-state index contributed by atoms with van der Waals surface area (Å²) in [4.78, 5) is 12.0. The average Bonchev–Trinajstić information content (AvgIpc) is 2.55. The van der Waals surface area contributed by atoms with Crippen LogP contribution in [0.4, 0.5) is 0 Å². The third-order valence-corrected chi connectivity index (χ3v) is 3.41. The maximum Gasteiger partial charge on any atom is 0.313 e. The highest BCUT2D eigenvalue weighted by Gasteiger charge is 2.38. The van der Waals surface area contributed by atoms with Crippen molar-refractivity contribution in [2.75, 3.05) is 26.9 Å². The van der Waals surface area contributed by atoms with Gasteiger partial charge >= 0.3 is 5.97 Å². The highest BCUT2D eigenvalue weighted by Crippen LogP contribution is 2.35. The summed E-state index contributed by atoms with van der Waals surface area (Å²) in [6.45, 7) is 1.18. The zero-order valence-electron chi connectivity index (χ0n) is 10.2. The number of methoxy groups -OCH3 is 1. The standard InChI is InChI=1S/C12H23NO3/c1-15-8-9-16-11(14)12(10-13)6-4-2-3-5-7-12/h2-10,13H2,1H3. The summed E-state index contributed by atoms with van der Waals surface area (Å²) in [5.41, 5.74) is 5.35. The Morgan fingerprint density at radius 3 is 2.31 bits per heavy atom. The molecule has 1 aliphatic carbocycles. The van der Waals surface area contributed by atoms with Crippen molar-refractivity contribution in [3.05, 3.63) is 0 Å². The van der Waals surface area contributed by atoms with Crippen LogP contribution in [-0.2, 0) is 14.3 Å². The number of carbonyl (C=O) groups excluding carboxylic acids is 1. The highest BCUT2D eigenvalue weighted by molar-refractivity contribution is 5.77. The summed E-state index contributed by atoms with van der Waals surface area (Å²) < 4.78 is 10.1. The van der Waals surface area contributed by atoms with Crippen LogP contribution in [0.15, 0.2) is 0 Å². The molecule has 0 aromatic heterocycles. The summed E-state index contributed by atoms with van der Waals surface area (Å²) >= 11 is 0. The van der Waals surface area contributed by atoms with Gasteiger partial charge in [0.15, 0.2) is 0 Å². The van der Waals surface area contributed by atoms with E-state index in [1.54, 1.807) is 7.11 Å². The summed E-state index contributed by atoms with van der Waals surface area (Å²) in [7, 11) is 1.60. The molecule has 0 amide bonds. The van der Waals surface area contributed by atoms with Crippen LogP contribution in [0.25, 0.3) is 0 Å². The highest BCUT2D eigenvalue weighted by atomic mass is 16.6. The predicted octanol–water partition coefficient (Wildman–Crippen LogP) is 1.48. The van der Waals surface area contributed by atoms with Gasteiger partial charge in [-0.3, -0.25) is 4.79 Å². The lowest BCUT2D eigenvalue weighted by Gasteiger charge is -2.28. The Kier molecular flexibility index (Phi) is 5.77. The van der Waals surface area contributed by atoms with Crippen molar-refractivity contribution in [1.29, 1.82) is 0 Å². The fourth-order valence-electron chi connectivity index (χ4n) is 2.27. The van der Waals surface area contributed by atoms with E-state index in [1.165, 1.54) is 12.8 Å². The Morgan fingerprint density at radius 1 is 1.19 bits per heavy atom. The van der Waals surface area contributed by atoms with Gasteiger partial charge in [-0.15, -0.1) is 0 Å². The molecule has 16 heavy (non-hydrogen) atoms. The number of hydrogen-bond acceptors (Lipinski definition) is 4. The molecule has 0 aromatic carbocycles. The van der Waals surface area contributed by atoms with Crippen molar-refractivity contribution >= 4 is 5.97 Å². The Labute approximate surface area is 97.5 Å². The topological polar surface area (TPSA) is 61.5 Å². The second-order valence-corrected chi connectivity index (χ2v) is 4.53. The van der Waals surface area contributed by atoms with E-state index in [0.29, 0.717) is 19.8 Å². The lowest BCUT2D eigenvalue weighted by atomic mass is 9.80. The fraction of sp³-hybridized carbons (Fsp3) is 0.917. The Morgan fingerprint density at radius 2 is 1.81 bits per heavy atom. The van der Waals surface area contributed by atoms with Crippen molar-refractivity contribution in [2.24, 2.45) is 11.1 Å². The summed E-state index contributed by atoms with van der Waals surface area (Å²) in [5, 5.41) is 0. The molecule has 0 bridgehead atoms. The molecule has 0 saturated heterocycles. The SMILES string of the molecule is COCCOC(=O)C1(CN)CCCCCC1. The smallest absolute Gasteiger partial charge is 0.313 e. The molecule has 1 aliphatic rings. The minimum Gasteiger partial charge on any atom is -0.463 e. The van der Waals surface area contributed by atoms with Gasteiger partial charge in [0.05, 0.1) is 12.0 Å². The van der Waals surface area contributed by atoms with Crippen LogP contribution in [-0.4, -0.2) is 32.8 Å². The molecule has 1 saturated carbocycles. The van der Waals surface area contributed by atoms with Crippen molar-refractivity contribution < 1.29 is 14.3 Å². The lowest BCUT2D eigenvalue weighted by Crippen LogP contribution is -2.40. The van der Waals surface area contributed by atoms with E-state index in [-0.39, 0.29) is 5.97 Å². The third-order valence-electron chi connectivity index (χ3n) is 3.41. The van der Waals surface area contributed by atoms with Crippen LogP contribution < -0.4 is 5.73 Å². The lowest BCUT2D eigenvalue weighted by molar-refractivity contribution is -0.157. The quantitative estimate of drug-likeness (QED) is 0.440. The molecule has 94 valence electrons. The molecule has 4 heteroatoms. The maximum atomic E-state index is 12.0. The molecule has 0 radical (unpaired) electrons. The van der Waals surface area contributed by atoms with E-state index in [4.69, 9.17) is 15.2 Å². The summed E-state index contributed by atoms with van der Waals surface area (Å²) in [6, 6.07) is 0. The first-order chi connectivity index (χ1) is 7.75. The van der Waals surface area contributed by atoms with Gasteiger partial charge in [-0.05, 0) is 12.8 Å². The van der Waals surface area contributed by atoms with Gasteiger partial charge in [-0.25, -0.2) is 0 Å². The molecular weight excluding hydrogens is 206 g/mol. The van der Waals surface area contributed by atoms with Crippen LogP contribution >= 0.6 is 0 Å². The molecule has 2 N–H and O–H groups in total. The number of esters is 1. The van der Waals surface area contributed by atoms with Crippen LogP contribution in [0.2, 0.25) is 0 Å². The summed E-state index contributed by atoms with van der Waals surface area (Å²) in [5.74, 6) is -0.131. The second-order valence-electron chi connectivity index (χ2n) is 4.53. The maximum absolute atomic E-state index is 12.0. The Balaban J connectivity index is 2.51. The molecule has 0 heterocycles. The van der Waals surface area contributed by atoms with Gasteiger partial charge < -0.3 is 15.2 Å². The molecule has 0 aliphatic heterocycles. The van der Waals surface area contributed by atoms with Crippen LogP contribution in [0.1, 0.15) is 38.5 Å². The molecule has 4 nitrogen and oxygen atoms in total. The van der Waals surface area contributed by atoms with E-state index >= 15 is 0 Å². The largest absolute Gasteiger partial charge is 0.463 e. The van der Waals surface area contributed by atoms with Gasteiger partial charge in [0.25, 0.3) is 0 Å². The van der Waals surface area contributed by atoms with Crippen molar-refractivity contribution in [2.45, 2.75) is 38.5 Å². The number of rotatable bonds is 5. The number of carbonyl (C=O) groups is 1. The van der Waals surface area contributed by atoms with Gasteiger partial charge in [0.2, 0.25) is 0 Å². The minimum atomic E-state index is -0.426. The zero-order valence-corrected chi connectivity index (χ0v) is 10.2. The van der Waals surface area contributed by atoms with Crippen LogP contribution in [0.3, 0.4) is 0 Å². The van der Waals surface area contributed by atoms with Gasteiger partial charge in [-0.1, -0.05) is 25.7 Å². The average molecular weight is 229 g/mol. The molecular formula is C12H23NO3. The molecule has 1 fully saturated rings. The minimum absolute atomic E-state index is 0.131. The predicted molar refractivity (Wildman–Crippen MR) is 62.0 cm³/mol. The first kappa shape index (κ1) is 13.5. The molecule has 0 spiro atoms. The first-order valence-electron chi connectivity index (χ1n) is 6.11. The van der Waals surface area contributed by atoms with Crippen molar-refractivity contribution in [3.8, 4) is 0 Å². The molecule has 1 rings (SSSR count). The summed E-state index contributed by atoms with van der Waals surface area (Å²) in [6.07, 6.45) is 6.30. The molecule has 0 aromatic rings. The zero-order chi connectivity index (χ0) is 11.9. The van der Waals surface area contributed by atoms with E-state index in [1.807, 2.05) is 0 Å². The number of hydrogen-bond donors (Lipinski definition) is 1. The van der Waals surface area contributed by atoms with Crippen molar-refractivity contribution in [1.82, 2.24) is 0 Å². The van der Waals surface area contributed by atoms with E-state index in [2.05, 4.69) is 0 Å². The second kappa shape index (κ2) is 6.86. The normalized spacial score (nSPS) is 20.1. The van der Waals surface area contributed by atoms with Crippen molar-refractivity contribution in [3.63, 3.8) is 0 Å². The van der Waals surface area contributed by atoms with Gasteiger partial charge in [0.1, 0.15) is 6.61 Å². The Bertz CT molecular complexity index is 210. The van der Waals surface area contributed by atoms with Crippen LogP contribution in [0, 0.1) is 5.41 Å². The van der Waals surface area contributed by atoms with E-state index in [0.717, 1.165) is 25.7 Å². The number of ether oxygens (including phenoxy) is 2. The van der Waals surface area contributed by atoms with Gasteiger partial charge in [0, 0.05) is 13.7 Å². The third kappa shape index (κ3) is 3.46. The molecule has 0 atom stereocenters. The first-order valence-corrected chi connectivity index (χ1v) is 6.11. The Hall–Kier alpha value is -0.610. The fourth-order valence-corrected chi connectivity index (χ4v) is 2.27. The van der Waals surface area contributed by atoms with Crippen LogP contribution in [0.5, 0.6) is 0 Å². The monoisotopic (exact) mass is 229 g/mol. The van der Waals surface area contributed by atoms with E-state index < -0.39 is 5.41 Å². The number of nitrogens with two attached hydrogens (primary N) is 1. The molecule has 0 unspecified atom stereocenters. The van der Waals surface area contributed by atoms with Gasteiger partial charge in [-0.2, -0.15) is 0 Å².